The average Bonchev–Trinajstić information content (AvgIpc) is 2.80. The first-order valence-electron chi connectivity index (χ1n) is 10.8. The summed E-state index contributed by atoms with van der Waals surface area (Å²) in [7, 11) is 0. The van der Waals surface area contributed by atoms with Crippen molar-refractivity contribution in [2.24, 2.45) is 5.92 Å². The lowest BCUT2D eigenvalue weighted by molar-refractivity contribution is -0.151. The second-order valence-corrected chi connectivity index (χ2v) is 8.64. The van der Waals surface area contributed by atoms with Gasteiger partial charge in [0.1, 0.15) is 6.04 Å². The van der Waals surface area contributed by atoms with Gasteiger partial charge in [0.05, 0.1) is 12.5 Å². The second-order valence-electron chi connectivity index (χ2n) is 7.72. The minimum atomic E-state index is -0.756. The van der Waals surface area contributed by atoms with Crippen molar-refractivity contribution in [1.82, 2.24) is 10.2 Å². The number of amides is 3. The summed E-state index contributed by atoms with van der Waals surface area (Å²) in [5.41, 5.74) is 1.56. The van der Waals surface area contributed by atoms with Gasteiger partial charge in [-0.3, -0.25) is 9.59 Å². The van der Waals surface area contributed by atoms with Crippen LogP contribution in [0.15, 0.2) is 59.1 Å². The summed E-state index contributed by atoms with van der Waals surface area (Å²) in [5, 5.41) is 5.60. The predicted octanol–water partition coefficient (Wildman–Crippen LogP) is 3.98. The molecule has 2 aromatic rings. The van der Waals surface area contributed by atoms with Crippen LogP contribution in [0.2, 0.25) is 0 Å². The molecular weight excluding hydrogens is 474 g/mol. The summed E-state index contributed by atoms with van der Waals surface area (Å²) in [6, 6.07) is 15.5. The van der Waals surface area contributed by atoms with Crippen LogP contribution in [0.25, 0.3) is 0 Å². The Morgan fingerprint density at radius 1 is 1.12 bits per heavy atom. The average molecular weight is 502 g/mol. The molecule has 3 rings (SSSR count). The fourth-order valence-corrected chi connectivity index (χ4v) is 4.02. The highest BCUT2D eigenvalue weighted by atomic mass is 79.9. The van der Waals surface area contributed by atoms with Crippen molar-refractivity contribution in [1.29, 1.82) is 0 Å². The second kappa shape index (κ2) is 11.7. The van der Waals surface area contributed by atoms with Gasteiger partial charge >= 0.3 is 12.0 Å². The van der Waals surface area contributed by atoms with E-state index in [0.717, 1.165) is 16.5 Å². The van der Waals surface area contributed by atoms with Crippen LogP contribution in [0, 0.1) is 5.92 Å². The molecule has 2 N–H and O–H groups in total. The lowest BCUT2D eigenvalue weighted by Crippen LogP contribution is -2.53. The molecule has 3 amide bonds. The topological polar surface area (TPSA) is 87.7 Å². The Labute approximate surface area is 196 Å². The van der Waals surface area contributed by atoms with Gasteiger partial charge < -0.3 is 20.3 Å². The summed E-state index contributed by atoms with van der Waals surface area (Å²) < 4.78 is 6.05. The summed E-state index contributed by atoms with van der Waals surface area (Å²) in [5.74, 6) is -0.805. The molecule has 8 heteroatoms. The molecule has 1 fully saturated rings. The summed E-state index contributed by atoms with van der Waals surface area (Å²) in [6.45, 7) is 2.94. The van der Waals surface area contributed by atoms with Gasteiger partial charge in [-0.25, -0.2) is 4.79 Å². The number of nitrogens with zero attached hydrogens (tertiary/aromatic N) is 1. The monoisotopic (exact) mass is 501 g/mol. The molecule has 7 nitrogen and oxygen atoms in total. The predicted molar refractivity (Wildman–Crippen MR) is 126 cm³/mol. The van der Waals surface area contributed by atoms with E-state index in [1.165, 1.54) is 0 Å². The Kier molecular flexibility index (Phi) is 8.67. The number of carbonyl (C=O) groups is 3. The van der Waals surface area contributed by atoms with Gasteiger partial charge in [-0.15, -0.1) is 0 Å². The SMILES string of the molecule is CCOC(=O)[C@H]1CCCN(C(=O)[C@H](Cc2ccccc2)NC(=O)Nc2ccc(Br)cc2)C1. The van der Waals surface area contributed by atoms with Gasteiger partial charge in [0.2, 0.25) is 5.91 Å². The molecule has 2 atom stereocenters. The number of benzene rings is 2. The maximum absolute atomic E-state index is 13.4. The fourth-order valence-electron chi connectivity index (χ4n) is 3.76. The smallest absolute Gasteiger partial charge is 0.319 e. The van der Waals surface area contributed by atoms with Gasteiger partial charge in [0, 0.05) is 29.7 Å². The van der Waals surface area contributed by atoms with Crippen LogP contribution in [0.3, 0.4) is 0 Å². The standard InChI is InChI=1S/C24H28BrN3O4/c1-2-32-23(30)18-9-6-14-28(16-18)22(29)21(15-17-7-4-3-5-8-17)27-24(31)26-20-12-10-19(25)11-13-20/h3-5,7-8,10-13,18,21H,2,6,9,14-16H2,1H3,(H2,26,27,31)/t18-,21-/m0/s1. The molecule has 32 heavy (non-hydrogen) atoms. The molecule has 0 unspecified atom stereocenters. The molecule has 0 saturated carbocycles. The minimum absolute atomic E-state index is 0.200. The lowest BCUT2D eigenvalue weighted by atomic mass is 9.96. The van der Waals surface area contributed by atoms with Crippen molar-refractivity contribution in [3.63, 3.8) is 0 Å². The van der Waals surface area contributed by atoms with Crippen molar-refractivity contribution in [3.05, 3.63) is 64.6 Å². The highest BCUT2D eigenvalue weighted by molar-refractivity contribution is 9.10. The highest BCUT2D eigenvalue weighted by Crippen LogP contribution is 2.20. The number of ether oxygens (including phenoxy) is 1. The number of rotatable bonds is 7. The van der Waals surface area contributed by atoms with E-state index in [0.29, 0.717) is 38.2 Å². The molecule has 1 aliphatic heterocycles. The molecule has 0 radical (unpaired) electrons. The van der Waals surface area contributed by atoms with Gasteiger partial charge in [-0.05, 0) is 49.6 Å². The Bertz CT molecular complexity index is 921. The van der Waals surface area contributed by atoms with E-state index >= 15 is 0 Å². The molecule has 0 aromatic heterocycles. The van der Waals surface area contributed by atoms with Crippen molar-refractivity contribution in [2.45, 2.75) is 32.2 Å². The van der Waals surface area contributed by atoms with Gasteiger partial charge in [-0.1, -0.05) is 46.3 Å². The minimum Gasteiger partial charge on any atom is -0.466 e. The summed E-state index contributed by atoms with van der Waals surface area (Å²) in [4.78, 5) is 39.9. The molecule has 2 aromatic carbocycles. The van der Waals surface area contributed by atoms with Crippen molar-refractivity contribution >= 4 is 39.5 Å². The van der Waals surface area contributed by atoms with E-state index in [-0.39, 0.29) is 17.8 Å². The number of anilines is 1. The number of carbonyl (C=O) groups excluding carboxylic acids is 3. The molecule has 1 saturated heterocycles. The van der Waals surface area contributed by atoms with E-state index in [9.17, 15) is 14.4 Å². The molecule has 170 valence electrons. The summed E-state index contributed by atoms with van der Waals surface area (Å²) in [6.07, 6.45) is 1.77. The van der Waals surface area contributed by atoms with Crippen molar-refractivity contribution < 1.29 is 19.1 Å². The van der Waals surface area contributed by atoms with Crippen molar-refractivity contribution in [3.8, 4) is 0 Å². The highest BCUT2D eigenvalue weighted by Gasteiger charge is 2.33. The number of urea groups is 1. The third-order valence-corrected chi connectivity index (χ3v) is 5.87. The zero-order chi connectivity index (χ0) is 22.9. The zero-order valence-electron chi connectivity index (χ0n) is 18.1. The Morgan fingerprint density at radius 3 is 2.53 bits per heavy atom. The number of hydrogen-bond donors (Lipinski definition) is 2. The molecule has 0 aliphatic carbocycles. The first-order valence-corrected chi connectivity index (χ1v) is 11.6. The van der Waals surface area contributed by atoms with Crippen LogP contribution in [0.4, 0.5) is 10.5 Å². The first-order chi connectivity index (χ1) is 15.5. The van der Waals surface area contributed by atoms with Crippen LogP contribution < -0.4 is 10.6 Å². The lowest BCUT2D eigenvalue weighted by Gasteiger charge is -2.34. The molecular formula is C24H28BrN3O4. The van der Waals surface area contributed by atoms with Gasteiger partial charge in [0.15, 0.2) is 0 Å². The van der Waals surface area contributed by atoms with Gasteiger partial charge in [-0.2, -0.15) is 0 Å². The Hall–Kier alpha value is -2.87. The molecule has 0 bridgehead atoms. The van der Waals surface area contributed by atoms with Crippen molar-refractivity contribution in [2.75, 3.05) is 25.0 Å². The van der Waals surface area contributed by atoms with E-state index in [1.54, 1.807) is 24.0 Å². The quantitative estimate of drug-likeness (QED) is 0.561. The molecule has 1 heterocycles. The van der Waals surface area contributed by atoms with Crippen LogP contribution in [-0.2, 0) is 20.7 Å². The van der Waals surface area contributed by atoms with E-state index in [2.05, 4.69) is 26.6 Å². The fraction of sp³-hybridized carbons (Fsp3) is 0.375. The first kappa shape index (κ1) is 23.8. The molecule has 0 spiro atoms. The number of halogens is 1. The summed E-state index contributed by atoms with van der Waals surface area (Å²) >= 11 is 3.37. The maximum Gasteiger partial charge on any atom is 0.319 e. The third-order valence-electron chi connectivity index (χ3n) is 5.34. The van der Waals surface area contributed by atoms with Crippen LogP contribution in [0.5, 0.6) is 0 Å². The normalized spacial score (nSPS) is 16.7. The number of hydrogen-bond acceptors (Lipinski definition) is 4. The van der Waals surface area contributed by atoms with E-state index < -0.39 is 12.1 Å². The Balaban J connectivity index is 1.71. The van der Waals surface area contributed by atoms with E-state index in [1.807, 2.05) is 42.5 Å². The maximum atomic E-state index is 13.4. The molecule has 1 aliphatic rings. The number of nitrogens with one attached hydrogen (secondary N) is 2. The van der Waals surface area contributed by atoms with Crippen LogP contribution in [0.1, 0.15) is 25.3 Å². The van der Waals surface area contributed by atoms with Gasteiger partial charge in [0.25, 0.3) is 0 Å². The zero-order valence-corrected chi connectivity index (χ0v) is 19.6. The largest absolute Gasteiger partial charge is 0.466 e. The number of likely N-dealkylation sites (tertiary alicyclic amines) is 1. The third kappa shape index (κ3) is 6.82. The van der Waals surface area contributed by atoms with Crippen LogP contribution >= 0.6 is 15.9 Å². The Morgan fingerprint density at radius 2 is 1.84 bits per heavy atom. The number of esters is 1. The van der Waals surface area contributed by atoms with Crippen LogP contribution in [-0.4, -0.2) is 48.5 Å². The number of piperidine rings is 1. The van der Waals surface area contributed by atoms with E-state index in [4.69, 9.17) is 4.74 Å².